The van der Waals surface area contributed by atoms with Gasteiger partial charge in [-0.15, -0.1) is 0 Å². The zero-order chi connectivity index (χ0) is 46.6. The van der Waals surface area contributed by atoms with E-state index in [1.807, 2.05) is 6.07 Å². The van der Waals surface area contributed by atoms with E-state index < -0.39 is 5.41 Å². The van der Waals surface area contributed by atoms with E-state index in [1.165, 1.54) is 88.0 Å². The summed E-state index contributed by atoms with van der Waals surface area (Å²) in [7, 11) is 0. The van der Waals surface area contributed by atoms with Crippen LogP contribution in [0.3, 0.4) is 0 Å². The average molecular weight is 900 g/mol. The van der Waals surface area contributed by atoms with Crippen molar-refractivity contribution in [2.24, 2.45) is 0 Å². The number of hydrogen-bond donors (Lipinski definition) is 0. The summed E-state index contributed by atoms with van der Waals surface area (Å²) < 4.78 is 0. The van der Waals surface area contributed by atoms with E-state index in [2.05, 4.69) is 243 Å². The van der Waals surface area contributed by atoms with Gasteiger partial charge in [0.2, 0.25) is 0 Å². The highest BCUT2D eigenvalue weighted by Gasteiger charge is 2.52. The summed E-state index contributed by atoms with van der Waals surface area (Å²) in [6, 6.07) is 90.5. The zero-order valence-corrected chi connectivity index (χ0v) is 38.5. The molecule has 2 aliphatic carbocycles. The lowest BCUT2D eigenvalue weighted by Crippen LogP contribution is -2.25. The second-order valence-electron chi connectivity index (χ2n) is 18.9. The van der Waals surface area contributed by atoms with E-state index in [4.69, 9.17) is 15.0 Å². The molecule has 0 radical (unpaired) electrons. The Kier molecular flexibility index (Phi) is 8.57. The Balaban J connectivity index is 0.957. The maximum absolute atomic E-state index is 5.54. The van der Waals surface area contributed by atoms with Crippen molar-refractivity contribution < 1.29 is 0 Å². The topological polar surface area (TPSA) is 38.7 Å². The fourth-order valence-corrected chi connectivity index (χ4v) is 12.4. The lowest BCUT2D eigenvalue weighted by Gasteiger charge is -2.30. The number of aromatic nitrogens is 3. The molecule has 1 heterocycles. The molecule has 0 amide bonds. The second kappa shape index (κ2) is 15.3. The Morgan fingerprint density at radius 3 is 1.23 bits per heavy atom. The largest absolute Gasteiger partial charge is 0.208 e. The molecule has 15 rings (SSSR count). The number of fused-ring (bicyclic) bond motifs is 16. The van der Waals surface area contributed by atoms with E-state index in [-0.39, 0.29) is 0 Å². The van der Waals surface area contributed by atoms with Crippen LogP contribution in [-0.2, 0) is 5.41 Å². The van der Waals surface area contributed by atoms with Crippen LogP contribution in [0, 0.1) is 0 Å². The van der Waals surface area contributed by atoms with Crippen molar-refractivity contribution in [2.45, 2.75) is 5.41 Å². The lowest BCUT2D eigenvalue weighted by atomic mass is 9.70. The molecule has 3 nitrogen and oxygen atoms in total. The van der Waals surface area contributed by atoms with Gasteiger partial charge in [-0.25, -0.2) is 15.0 Å². The minimum atomic E-state index is -0.483. The Morgan fingerprint density at radius 1 is 0.211 bits per heavy atom. The summed E-state index contributed by atoms with van der Waals surface area (Å²) in [4.78, 5) is 16.3. The number of benzene rings is 12. The van der Waals surface area contributed by atoms with Crippen LogP contribution < -0.4 is 0 Å². The molecule has 2 aliphatic rings. The third-order valence-electron chi connectivity index (χ3n) is 15.4. The van der Waals surface area contributed by atoms with Crippen LogP contribution in [0.1, 0.15) is 22.3 Å². The second-order valence-corrected chi connectivity index (χ2v) is 18.9. The molecule has 13 aromatic rings. The van der Waals surface area contributed by atoms with Crippen molar-refractivity contribution >= 4 is 43.1 Å². The molecule has 71 heavy (non-hydrogen) atoms. The predicted molar refractivity (Wildman–Crippen MR) is 293 cm³/mol. The highest BCUT2D eigenvalue weighted by atomic mass is 15.0. The van der Waals surface area contributed by atoms with Crippen LogP contribution in [0.4, 0.5) is 0 Å². The Labute approximate surface area is 411 Å². The highest BCUT2D eigenvalue weighted by molar-refractivity contribution is 6.25. The van der Waals surface area contributed by atoms with Gasteiger partial charge in [0.15, 0.2) is 17.5 Å². The molecule has 0 unspecified atom stereocenters. The van der Waals surface area contributed by atoms with E-state index in [9.17, 15) is 0 Å². The van der Waals surface area contributed by atoms with Crippen molar-refractivity contribution in [3.8, 4) is 78.7 Å². The van der Waals surface area contributed by atoms with E-state index in [0.717, 1.165) is 38.6 Å². The number of nitrogens with zero attached hydrogens (tertiary/aromatic N) is 3. The Bertz CT molecular complexity index is 4300. The molecular formula is C68H41N3. The molecule has 0 bridgehead atoms. The van der Waals surface area contributed by atoms with Crippen LogP contribution in [0.15, 0.2) is 249 Å². The molecule has 0 atom stereocenters. The molecule has 0 saturated heterocycles. The molecule has 0 fully saturated rings. The molecule has 0 saturated carbocycles. The summed E-state index contributed by atoms with van der Waals surface area (Å²) in [6.45, 7) is 0. The molecule has 1 aromatic heterocycles. The first-order valence-electron chi connectivity index (χ1n) is 24.4. The molecule has 0 aliphatic heterocycles. The molecule has 328 valence electrons. The quantitative estimate of drug-likeness (QED) is 0.162. The molecule has 3 heteroatoms. The van der Waals surface area contributed by atoms with Gasteiger partial charge in [0.1, 0.15) is 0 Å². The maximum atomic E-state index is 5.54. The molecule has 12 aromatic carbocycles. The smallest absolute Gasteiger partial charge is 0.164 e. The van der Waals surface area contributed by atoms with E-state index in [1.54, 1.807) is 0 Å². The first-order valence-corrected chi connectivity index (χ1v) is 24.4. The molecular weight excluding hydrogens is 859 g/mol. The fourth-order valence-electron chi connectivity index (χ4n) is 12.4. The Morgan fingerprint density at radius 2 is 0.606 bits per heavy atom. The van der Waals surface area contributed by atoms with Crippen LogP contribution >= 0.6 is 0 Å². The highest BCUT2D eigenvalue weighted by Crippen LogP contribution is 2.64. The normalized spacial score (nSPS) is 12.9. The van der Waals surface area contributed by atoms with Crippen LogP contribution in [-0.4, -0.2) is 15.0 Å². The van der Waals surface area contributed by atoms with Gasteiger partial charge in [0.25, 0.3) is 0 Å². The average Bonchev–Trinajstić information content (AvgIpc) is 3.94. The standard InChI is InChI=1S/C68H41N3/c1-3-20-42(21-4-1)56-40-58-49-29-12-11-28-48(49)57(41-59(58)47-27-10-9-26-46(47)56)50-38-39-53(45-25-8-7-24-44(45)50)66-69-65(43-22-5-2-6-23-43)70-67(71-66)55-33-19-37-63-64(55)54-32-15-18-36-62(54)68(63)60-34-16-13-30-51(60)52-31-14-17-35-61(52)68/h1-41H. The molecule has 1 spiro atoms. The summed E-state index contributed by atoms with van der Waals surface area (Å²) in [6.07, 6.45) is 0. The number of hydrogen-bond acceptors (Lipinski definition) is 3. The van der Waals surface area contributed by atoms with Gasteiger partial charge in [-0.1, -0.05) is 231 Å². The monoisotopic (exact) mass is 899 g/mol. The van der Waals surface area contributed by atoms with Crippen molar-refractivity contribution in [2.75, 3.05) is 0 Å². The van der Waals surface area contributed by atoms with E-state index in [0.29, 0.717) is 17.5 Å². The minimum absolute atomic E-state index is 0.483. The maximum Gasteiger partial charge on any atom is 0.164 e. The predicted octanol–water partition coefficient (Wildman–Crippen LogP) is 17.2. The third-order valence-corrected chi connectivity index (χ3v) is 15.4. The van der Waals surface area contributed by atoms with Gasteiger partial charge in [0.05, 0.1) is 5.41 Å². The zero-order valence-electron chi connectivity index (χ0n) is 38.5. The van der Waals surface area contributed by atoms with Crippen molar-refractivity contribution in [1.82, 2.24) is 15.0 Å². The summed E-state index contributed by atoms with van der Waals surface area (Å²) in [5, 5.41) is 9.63. The number of rotatable bonds is 5. The summed E-state index contributed by atoms with van der Waals surface area (Å²) in [5.74, 6) is 1.92. The van der Waals surface area contributed by atoms with Gasteiger partial charge in [-0.05, 0) is 128 Å². The summed E-state index contributed by atoms with van der Waals surface area (Å²) in [5.41, 5.74) is 17.3. The van der Waals surface area contributed by atoms with Crippen LogP contribution in [0.25, 0.3) is 122 Å². The van der Waals surface area contributed by atoms with Crippen molar-refractivity contribution in [3.63, 3.8) is 0 Å². The first-order chi connectivity index (χ1) is 35.2. The third kappa shape index (κ3) is 5.69. The fraction of sp³-hybridized carbons (Fsp3) is 0.0147. The molecule has 0 N–H and O–H groups in total. The SMILES string of the molecule is c1ccc(-c2nc(-c3cccc4c3-c3ccccc3C43c4ccccc4-c4ccccc43)nc(-c3ccc(-c4cc5c6ccccc6c(-c6ccccc6)cc5c5ccccc45)c4ccccc34)n2)cc1. The van der Waals surface area contributed by atoms with Gasteiger partial charge >= 0.3 is 0 Å². The van der Waals surface area contributed by atoms with Gasteiger partial charge in [0, 0.05) is 16.7 Å². The van der Waals surface area contributed by atoms with Crippen molar-refractivity contribution in [3.05, 3.63) is 271 Å². The van der Waals surface area contributed by atoms with Crippen molar-refractivity contribution in [1.29, 1.82) is 0 Å². The van der Waals surface area contributed by atoms with Gasteiger partial charge < -0.3 is 0 Å². The minimum Gasteiger partial charge on any atom is -0.208 e. The summed E-state index contributed by atoms with van der Waals surface area (Å²) >= 11 is 0. The first kappa shape index (κ1) is 39.7. The van der Waals surface area contributed by atoms with Crippen LogP contribution in [0.2, 0.25) is 0 Å². The lowest BCUT2D eigenvalue weighted by molar-refractivity contribution is 0.794. The Hall–Kier alpha value is -9.31. The van der Waals surface area contributed by atoms with Gasteiger partial charge in [-0.2, -0.15) is 0 Å². The van der Waals surface area contributed by atoms with E-state index >= 15 is 0 Å². The van der Waals surface area contributed by atoms with Gasteiger partial charge in [-0.3, -0.25) is 0 Å². The van der Waals surface area contributed by atoms with Crippen LogP contribution in [0.5, 0.6) is 0 Å².